The van der Waals surface area contributed by atoms with Gasteiger partial charge in [0.15, 0.2) is 0 Å². The number of nitrogens with one attached hydrogen (secondary N) is 2. The van der Waals surface area contributed by atoms with Crippen molar-refractivity contribution in [1.29, 1.82) is 0 Å². The number of sulfonamides is 1. The Morgan fingerprint density at radius 1 is 1.19 bits per heavy atom. The SMILES string of the molecule is Cl.NCCNS(=O)(=O)c1cccc(NC(=O)CN2CCCCCCC2=O)c1. The average molecular weight is 419 g/mol. The van der Waals surface area contributed by atoms with E-state index in [9.17, 15) is 18.0 Å². The van der Waals surface area contributed by atoms with Crippen molar-refractivity contribution in [2.45, 2.75) is 37.0 Å². The van der Waals surface area contributed by atoms with E-state index in [0.29, 0.717) is 18.7 Å². The van der Waals surface area contributed by atoms with Crippen LogP contribution in [0.4, 0.5) is 5.69 Å². The molecule has 0 radical (unpaired) electrons. The molecule has 0 bridgehead atoms. The number of amides is 2. The quantitative estimate of drug-likeness (QED) is 0.611. The minimum absolute atomic E-state index is 0. The summed E-state index contributed by atoms with van der Waals surface area (Å²) in [6.07, 6.45) is 4.31. The van der Waals surface area contributed by atoms with Gasteiger partial charge in [0.25, 0.3) is 0 Å². The Morgan fingerprint density at radius 3 is 2.67 bits per heavy atom. The van der Waals surface area contributed by atoms with Crippen LogP contribution in [0.25, 0.3) is 0 Å². The lowest BCUT2D eigenvalue weighted by atomic mass is 10.1. The summed E-state index contributed by atoms with van der Waals surface area (Å²) in [7, 11) is -3.67. The van der Waals surface area contributed by atoms with Gasteiger partial charge in [-0.3, -0.25) is 9.59 Å². The maximum atomic E-state index is 12.3. The van der Waals surface area contributed by atoms with E-state index in [-0.39, 0.29) is 48.8 Å². The second kappa shape index (κ2) is 11.2. The number of nitrogens with two attached hydrogens (primary N) is 1. The van der Waals surface area contributed by atoms with Gasteiger partial charge >= 0.3 is 0 Å². The van der Waals surface area contributed by atoms with Crippen LogP contribution in [0, 0.1) is 0 Å². The summed E-state index contributed by atoms with van der Waals surface area (Å²) in [4.78, 5) is 26.0. The van der Waals surface area contributed by atoms with E-state index in [0.717, 1.165) is 25.7 Å². The maximum Gasteiger partial charge on any atom is 0.243 e. The van der Waals surface area contributed by atoms with Crippen LogP contribution in [-0.2, 0) is 19.6 Å². The number of benzene rings is 1. The Morgan fingerprint density at radius 2 is 1.93 bits per heavy atom. The summed E-state index contributed by atoms with van der Waals surface area (Å²) in [5.74, 6) is -0.356. The molecule has 8 nitrogen and oxygen atoms in total. The Labute approximate surface area is 166 Å². The molecule has 0 saturated carbocycles. The summed E-state index contributed by atoms with van der Waals surface area (Å²) in [5.41, 5.74) is 5.68. The lowest BCUT2D eigenvalue weighted by Crippen LogP contribution is -2.39. The van der Waals surface area contributed by atoms with Crippen LogP contribution < -0.4 is 15.8 Å². The van der Waals surface area contributed by atoms with E-state index in [2.05, 4.69) is 10.0 Å². The molecule has 1 fully saturated rings. The predicted octanol–water partition coefficient (Wildman–Crippen LogP) is 1.08. The van der Waals surface area contributed by atoms with Gasteiger partial charge in [-0.1, -0.05) is 18.9 Å². The fourth-order valence-electron chi connectivity index (χ4n) is 2.77. The summed E-state index contributed by atoms with van der Waals surface area (Å²) in [6.45, 7) is 0.875. The first-order chi connectivity index (χ1) is 12.4. The maximum absolute atomic E-state index is 12.3. The van der Waals surface area contributed by atoms with Gasteiger partial charge in [-0.05, 0) is 31.0 Å². The molecule has 1 aliphatic heterocycles. The Hall–Kier alpha value is -1.68. The standard InChI is InChI=1S/C17H26N4O4S.ClH/c18-9-10-19-26(24,25)15-7-5-6-14(12-15)20-16(22)13-21-11-4-2-1-3-8-17(21)23;/h5-7,12,19H,1-4,8-11,13,18H2,(H,20,22);1H. The molecule has 1 heterocycles. The van der Waals surface area contributed by atoms with Crippen molar-refractivity contribution in [2.24, 2.45) is 5.73 Å². The molecule has 0 aromatic heterocycles. The normalized spacial score (nSPS) is 15.4. The molecule has 0 aliphatic carbocycles. The molecule has 1 aliphatic rings. The molecule has 1 saturated heterocycles. The summed E-state index contributed by atoms with van der Waals surface area (Å²) >= 11 is 0. The number of hydrogen-bond donors (Lipinski definition) is 3. The summed E-state index contributed by atoms with van der Waals surface area (Å²) in [6, 6.07) is 5.98. The highest BCUT2D eigenvalue weighted by Crippen LogP contribution is 2.16. The lowest BCUT2D eigenvalue weighted by molar-refractivity contribution is -0.135. The van der Waals surface area contributed by atoms with Crippen LogP contribution in [0.5, 0.6) is 0 Å². The van der Waals surface area contributed by atoms with Gasteiger partial charge in [0.2, 0.25) is 21.8 Å². The third kappa shape index (κ3) is 7.45. The highest BCUT2D eigenvalue weighted by Gasteiger charge is 2.19. The average Bonchev–Trinajstić information content (AvgIpc) is 2.60. The predicted molar refractivity (Wildman–Crippen MR) is 106 cm³/mol. The van der Waals surface area contributed by atoms with E-state index < -0.39 is 10.0 Å². The zero-order valence-electron chi connectivity index (χ0n) is 15.1. The third-order valence-electron chi connectivity index (χ3n) is 4.12. The number of halogens is 1. The van der Waals surface area contributed by atoms with E-state index in [1.165, 1.54) is 12.1 Å². The smallest absolute Gasteiger partial charge is 0.243 e. The lowest BCUT2D eigenvalue weighted by Gasteiger charge is -2.24. The molecule has 10 heteroatoms. The van der Waals surface area contributed by atoms with Crippen LogP contribution >= 0.6 is 12.4 Å². The summed E-state index contributed by atoms with van der Waals surface area (Å²) < 4.78 is 26.6. The molecule has 2 rings (SSSR count). The van der Waals surface area contributed by atoms with Crippen molar-refractivity contribution in [2.75, 3.05) is 31.5 Å². The van der Waals surface area contributed by atoms with Gasteiger partial charge in [-0.15, -0.1) is 12.4 Å². The Balaban J connectivity index is 0.00000364. The van der Waals surface area contributed by atoms with Crippen LogP contribution in [0.2, 0.25) is 0 Å². The topological polar surface area (TPSA) is 122 Å². The number of rotatable bonds is 7. The second-order valence-corrected chi connectivity index (χ2v) is 8.01. The zero-order valence-corrected chi connectivity index (χ0v) is 16.8. The molecule has 0 unspecified atom stereocenters. The Kier molecular flexibility index (Phi) is 9.71. The molecule has 0 atom stereocenters. The van der Waals surface area contributed by atoms with E-state index in [1.807, 2.05) is 0 Å². The zero-order chi connectivity index (χ0) is 19.0. The molecule has 152 valence electrons. The number of likely N-dealkylation sites (tertiary alicyclic amines) is 1. The van der Waals surface area contributed by atoms with E-state index in [4.69, 9.17) is 5.73 Å². The minimum atomic E-state index is -3.67. The largest absolute Gasteiger partial charge is 0.333 e. The molecule has 4 N–H and O–H groups in total. The first-order valence-corrected chi connectivity index (χ1v) is 10.3. The summed E-state index contributed by atoms with van der Waals surface area (Å²) in [5, 5.41) is 2.66. The van der Waals surface area contributed by atoms with Crippen molar-refractivity contribution in [3.05, 3.63) is 24.3 Å². The monoisotopic (exact) mass is 418 g/mol. The third-order valence-corrected chi connectivity index (χ3v) is 5.58. The van der Waals surface area contributed by atoms with Gasteiger partial charge in [0.05, 0.1) is 11.4 Å². The van der Waals surface area contributed by atoms with Crippen LogP contribution in [-0.4, -0.2) is 51.3 Å². The van der Waals surface area contributed by atoms with Gasteiger partial charge in [-0.2, -0.15) is 0 Å². The number of hydrogen-bond acceptors (Lipinski definition) is 5. The number of carbonyl (C=O) groups is 2. The van der Waals surface area contributed by atoms with E-state index in [1.54, 1.807) is 17.0 Å². The van der Waals surface area contributed by atoms with Gasteiger partial charge in [-0.25, -0.2) is 13.1 Å². The molecule has 27 heavy (non-hydrogen) atoms. The molecule has 0 spiro atoms. The van der Waals surface area contributed by atoms with E-state index >= 15 is 0 Å². The first kappa shape index (κ1) is 23.4. The first-order valence-electron chi connectivity index (χ1n) is 8.80. The second-order valence-electron chi connectivity index (χ2n) is 6.24. The molecule has 1 aromatic carbocycles. The minimum Gasteiger partial charge on any atom is -0.333 e. The molecular formula is C17H27ClN4O4S. The van der Waals surface area contributed by atoms with Crippen molar-refractivity contribution < 1.29 is 18.0 Å². The Bertz CT molecular complexity index is 742. The molecule has 2 amide bonds. The van der Waals surface area contributed by atoms with Crippen LogP contribution in [0.1, 0.15) is 32.1 Å². The van der Waals surface area contributed by atoms with Gasteiger partial charge < -0.3 is 16.0 Å². The number of nitrogens with zero attached hydrogens (tertiary/aromatic N) is 1. The molecular weight excluding hydrogens is 392 g/mol. The van der Waals surface area contributed by atoms with Crippen molar-refractivity contribution in [3.8, 4) is 0 Å². The fraction of sp³-hybridized carbons (Fsp3) is 0.529. The van der Waals surface area contributed by atoms with Crippen molar-refractivity contribution in [1.82, 2.24) is 9.62 Å². The number of carbonyl (C=O) groups excluding carboxylic acids is 2. The van der Waals surface area contributed by atoms with Crippen molar-refractivity contribution >= 4 is 39.9 Å². The van der Waals surface area contributed by atoms with Crippen molar-refractivity contribution in [3.63, 3.8) is 0 Å². The fourth-order valence-corrected chi connectivity index (χ4v) is 3.87. The van der Waals surface area contributed by atoms with Crippen LogP contribution in [0.3, 0.4) is 0 Å². The molecule has 1 aromatic rings. The van der Waals surface area contributed by atoms with Crippen LogP contribution in [0.15, 0.2) is 29.2 Å². The number of anilines is 1. The van der Waals surface area contributed by atoms with Gasteiger partial charge in [0.1, 0.15) is 0 Å². The highest BCUT2D eigenvalue weighted by molar-refractivity contribution is 7.89. The van der Waals surface area contributed by atoms with Gasteiger partial charge in [0, 0.05) is 31.7 Å². The highest BCUT2D eigenvalue weighted by atomic mass is 35.5.